The van der Waals surface area contributed by atoms with Crippen molar-refractivity contribution in [3.63, 3.8) is 0 Å². The van der Waals surface area contributed by atoms with Crippen LogP contribution in [-0.4, -0.2) is 30.8 Å². The Morgan fingerprint density at radius 2 is 0.963 bits per heavy atom. The molecule has 2 aromatic rings. The molecule has 0 spiro atoms. The molecule has 2 aromatic carbocycles. The van der Waals surface area contributed by atoms with Gasteiger partial charge in [0.15, 0.2) is 0 Å². The molecule has 0 saturated carbocycles. The van der Waals surface area contributed by atoms with Gasteiger partial charge in [-0.05, 0) is 41.8 Å². The molecule has 1 saturated heterocycles. The largest absolute Gasteiger partial charge is 0.494 e. The van der Waals surface area contributed by atoms with Crippen molar-refractivity contribution in [2.45, 2.75) is 56.3 Å². The van der Waals surface area contributed by atoms with Crippen LogP contribution in [0.1, 0.15) is 32.1 Å². The fourth-order valence-electron chi connectivity index (χ4n) is 4.78. The Morgan fingerprint density at radius 3 is 1.44 bits per heavy atom. The molecule has 3 aliphatic heterocycles. The van der Waals surface area contributed by atoms with Crippen LogP contribution < -0.4 is 19.8 Å². The van der Waals surface area contributed by atoms with Gasteiger partial charge in [0.1, 0.15) is 11.5 Å². The topological polar surface area (TPSA) is 18.5 Å². The van der Waals surface area contributed by atoms with E-state index in [9.17, 15) is 0 Å². The first kappa shape index (κ1) is 18.8. The molecular weight excluding hydrogens is 364 g/mol. The summed E-state index contributed by atoms with van der Waals surface area (Å²) in [5.41, 5.74) is 0. The van der Waals surface area contributed by atoms with E-state index in [0.717, 1.165) is 26.1 Å². The Morgan fingerprint density at radius 1 is 0.519 bits per heavy atom. The molecule has 3 aliphatic rings. The highest BCUT2D eigenvalue weighted by atomic mass is 28.3. The van der Waals surface area contributed by atoms with Crippen LogP contribution in [0.4, 0.5) is 0 Å². The van der Waals surface area contributed by atoms with E-state index >= 15 is 0 Å². The molecule has 0 aliphatic carbocycles. The number of hydrogen-bond acceptors (Lipinski definition) is 2. The van der Waals surface area contributed by atoms with Crippen LogP contribution >= 0.6 is 0 Å². The van der Waals surface area contributed by atoms with Gasteiger partial charge in [-0.1, -0.05) is 73.4 Å². The summed E-state index contributed by atoms with van der Waals surface area (Å²) in [7, 11) is -1.82. The summed E-state index contributed by atoms with van der Waals surface area (Å²) in [5, 5.41) is 3.18. The molecule has 0 radical (unpaired) electrons. The van der Waals surface area contributed by atoms with E-state index in [2.05, 4.69) is 48.5 Å². The number of ether oxygens (including phenoxy) is 2. The van der Waals surface area contributed by atoms with E-state index in [0.29, 0.717) is 0 Å². The van der Waals surface area contributed by atoms with Crippen molar-refractivity contribution in [2.24, 2.45) is 0 Å². The van der Waals surface area contributed by atoms with Gasteiger partial charge in [-0.15, -0.1) is 0 Å². The molecule has 27 heavy (non-hydrogen) atoms. The first-order chi connectivity index (χ1) is 13.4. The average molecular weight is 397 g/mol. The molecule has 3 heterocycles. The first-order valence-electron chi connectivity index (χ1n) is 10.9. The minimum Gasteiger partial charge on any atom is -0.494 e. The van der Waals surface area contributed by atoms with Crippen molar-refractivity contribution >= 4 is 28.0 Å². The standard InChI is InChI=1S/C23H32O2Si2/c1-6-14-24-20-10-2-4-12-22(20)26-16-8-18-27(19-9-17-26)23-13-5-3-11-21(23)25-15-7-1/h2-5,10-13,26-27H,1,6-9,14-19H2. The SMILES string of the molecule is c1ccc2c(c1)OCCCCCOc1ccccc1[SiH]1CCC[SiH]2CCC1. The number of para-hydroxylation sites is 2. The number of benzene rings is 2. The zero-order chi connectivity index (χ0) is 18.3. The monoisotopic (exact) mass is 396 g/mol. The van der Waals surface area contributed by atoms with Gasteiger partial charge in [-0.25, -0.2) is 0 Å². The van der Waals surface area contributed by atoms with Crippen LogP contribution in [-0.2, 0) is 0 Å². The Hall–Kier alpha value is -1.53. The van der Waals surface area contributed by atoms with Crippen molar-refractivity contribution < 1.29 is 9.47 Å². The lowest BCUT2D eigenvalue weighted by atomic mass is 10.2. The molecule has 5 rings (SSSR count). The highest BCUT2D eigenvalue weighted by Crippen LogP contribution is 2.24. The summed E-state index contributed by atoms with van der Waals surface area (Å²) < 4.78 is 12.5. The lowest BCUT2D eigenvalue weighted by molar-refractivity contribution is 0.281. The zero-order valence-electron chi connectivity index (χ0n) is 16.4. The Kier molecular flexibility index (Phi) is 6.69. The van der Waals surface area contributed by atoms with Crippen molar-refractivity contribution in [1.29, 1.82) is 0 Å². The molecule has 2 nitrogen and oxygen atoms in total. The third kappa shape index (κ3) is 4.85. The van der Waals surface area contributed by atoms with Crippen LogP contribution in [0, 0.1) is 0 Å². The van der Waals surface area contributed by atoms with Crippen molar-refractivity contribution in [3.05, 3.63) is 48.5 Å². The molecular formula is C23H32O2Si2. The van der Waals surface area contributed by atoms with Crippen molar-refractivity contribution in [2.75, 3.05) is 13.2 Å². The van der Waals surface area contributed by atoms with E-state index in [1.165, 1.54) is 54.9 Å². The van der Waals surface area contributed by atoms with Crippen LogP contribution in [0.5, 0.6) is 11.5 Å². The predicted molar refractivity (Wildman–Crippen MR) is 120 cm³/mol. The van der Waals surface area contributed by atoms with E-state index in [4.69, 9.17) is 9.47 Å². The maximum absolute atomic E-state index is 6.24. The molecule has 2 bridgehead atoms. The molecule has 0 atom stereocenters. The molecule has 1 fully saturated rings. The summed E-state index contributed by atoms with van der Waals surface area (Å²) in [6.45, 7) is 1.67. The highest BCUT2D eigenvalue weighted by Gasteiger charge is 2.25. The summed E-state index contributed by atoms with van der Waals surface area (Å²) in [4.78, 5) is 0. The molecule has 0 unspecified atom stereocenters. The summed E-state index contributed by atoms with van der Waals surface area (Å²) in [6, 6.07) is 23.6. The Balaban J connectivity index is 1.58. The van der Waals surface area contributed by atoms with Gasteiger partial charge in [0.05, 0.1) is 30.8 Å². The van der Waals surface area contributed by atoms with Gasteiger partial charge < -0.3 is 9.47 Å². The molecule has 0 aromatic heterocycles. The van der Waals surface area contributed by atoms with Gasteiger partial charge in [0, 0.05) is 0 Å². The number of hydrogen-bond donors (Lipinski definition) is 0. The van der Waals surface area contributed by atoms with E-state index < -0.39 is 17.6 Å². The molecule has 0 amide bonds. The fourth-order valence-corrected chi connectivity index (χ4v) is 12.4. The maximum atomic E-state index is 6.24. The van der Waals surface area contributed by atoms with Crippen LogP contribution in [0.2, 0.25) is 24.2 Å². The van der Waals surface area contributed by atoms with Crippen molar-refractivity contribution in [3.8, 4) is 11.5 Å². The zero-order valence-corrected chi connectivity index (χ0v) is 18.7. The average Bonchev–Trinajstić information content (AvgIpc) is 2.68. The third-order valence-corrected chi connectivity index (χ3v) is 13.4. The van der Waals surface area contributed by atoms with Gasteiger partial charge in [-0.3, -0.25) is 0 Å². The second kappa shape index (κ2) is 9.60. The smallest absolute Gasteiger partial charge is 0.118 e. The quantitative estimate of drug-likeness (QED) is 0.627. The summed E-state index contributed by atoms with van der Waals surface area (Å²) >= 11 is 0. The fraction of sp³-hybridized carbons (Fsp3) is 0.478. The van der Waals surface area contributed by atoms with Gasteiger partial charge >= 0.3 is 0 Å². The highest BCUT2D eigenvalue weighted by molar-refractivity contribution is 6.76. The predicted octanol–water partition coefficient (Wildman–Crippen LogP) is 3.99. The Bertz CT molecular complexity index is 664. The van der Waals surface area contributed by atoms with Crippen LogP contribution in [0.25, 0.3) is 0 Å². The van der Waals surface area contributed by atoms with E-state index in [1.807, 2.05) is 0 Å². The Labute approximate surface area is 167 Å². The second-order valence-electron chi connectivity index (χ2n) is 8.09. The second-order valence-corrected chi connectivity index (χ2v) is 14.4. The molecule has 4 heteroatoms. The lowest BCUT2D eigenvalue weighted by Crippen LogP contribution is -2.37. The van der Waals surface area contributed by atoms with Crippen LogP contribution in [0.3, 0.4) is 0 Å². The van der Waals surface area contributed by atoms with Crippen LogP contribution in [0.15, 0.2) is 48.5 Å². The summed E-state index contributed by atoms with van der Waals surface area (Å²) in [5.74, 6) is 2.38. The maximum Gasteiger partial charge on any atom is 0.118 e. The van der Waals surface area contributed by atoms with E-state index in [-0.39, 0.29) is 0 Å². The number of fused-ring (bicyclic) bond motifs is 10. The normalized spacial score (nSPS) is 24.0. The van der Waals surface area contributed by atoms with Crippen molar-refractivity contribution in [1.82, 2.24) is 0 Å². The first-order valence-corrected chi connectivity index (χ1v) is 15.3. The van der Waals surface area contributed by atoms with Gasteiger partial charge in [-0.2, -0.15) is 0 Å². The minimum absolute atomic E-state index is 0.837. The van der Waals surface area contributed by atoms with Gasteiger partial charge in [0.25, 0.3) is 0 Å². The third-order valence-electron chi connectivity index (χ3n) is 6.23. The lowest BCUT2D eigenvalue weighted by Gasteiger charge is -2.26. The summed E-state index contributed by atoms with van der Waals surface area (Å²) in [6.07, 6.45) is 6.20. The minimum atomic E-state index is -0.910. The molecule has 144 valence electrons. The number of rotatable bonds is 0. The van der Waals surface area contributed by atoms with Gasteiger partial charge in [0.2, 0.25) is 0 Å². The molecule has 0 N–H and O–H groups in total. The van der Waals surface area contributed by atoms with E-state index in [1.54, 1.807) is 10.4 Å².